The zero-order valence-corrected chi connectivity index (χ0v) is 14.2. The van der Waals surface area contributed by atoms with E-state index >= 15 is 0 Å². The number of benzene rings is 2. The molecule has 118 valence electrons. The van der Waals surface area contributed by atoms with E-state index in [0.29, 0.717) is 17.7 Å². The second-order valence-electron chi connectivity index (χ2n) is 5.45. The lowest BCUT2D eigenvalue weighted by Crippen LogP contribution is -2.30. The van der Waals surface area contributed by atoms with Crippen LogP contribution in [-0.4, -0.2) is 29.8 Å². The summed E-state index contributed by atoms with van der Waals surface area (Å²) in [7, 11) is 0. The van der Waals surface area contributed by atoms with Crippen molar-refractivity contribution >= 4 is 33.4 Å². The molecule has 1 aliphatic heterocycles. The Morgan fingerprint density at radius 1 is 0.870 bits per heavy atom. The maximum atomic E-state index is 12.2. The van der Waals surface area contributed by atoms with Crippen LogP contribution in [0.25, 0.3) is 0 Å². The van der Waals surface area contributed by atoms with Gasteiger partial charge in [-0.2, -0.15) is 0 Å². The molecule has 4 nitrogen and oxygen atoms in total. The Hall–Kier alpha value is -2.14. The molecule has 0 spiro atoms. The number of nitrogens with one attached hydrogen (secondary N) is 1. The fraction of sp³-hybridized carbons (Fsp3) is 0.222. The van der Waals surface area contributed by atoms with Crippen LogP contribution in [0.4, 0.5) is 5.69 Å². The fourth-order valence-electron chi connectivity index (χ4n) is 2.64. The number of anilines is 1. The lowest BCUT2D eigenvalue weighted by atomic mass is 10.1. The third-order valence-corrected chi connectivity index (χ3v) is 4.39. The Labute approximate surface area is 143 Å². The van der Waals surface area contributed by atoms with Gasteiger partial charge in [-0.15, -0.1) is 0 Å². The van der Waals surface area contributed by atoms with Crippen LogP contribution in [0, 0.1) is 0 Å². The minimum Gasteiger partial charge on any atom is -0.385 e. The topological polar surface area (TPSA) is 49.4 Å². The van der Waals surface area contributed by atoms with E-state index in [1.807, 2.05) is 24.3 Å². The molecule has 2 aromatic carbocycles. The highest BCUT2D eigenvalue weighted by Gasteiger charge is 2.34. The molecular weight excluding hydrogens is 356 g/mol. The summed E-state index contributed by atoms with van der Waals surface area (Å²) >= 11 is 3.40. The van der Waals surface area contributed by atoms with Gasteiger partial charge in [0.1, 0.15) is 0 Å². The summed E-state index contributed by atoms with van der Waals surface area (Å²) in [4.78, 5) is 25.8. The lowest BCUT2D eigenvalue weighted by Gasteiger charge is -2.13. The van der Waals surface area contributed by atoms with Crippen LogP contribution in [0.1, 0.15) is 33.6 Å². The van der Waals surface area contributed by atoms with Crippen molar-refractivity contribution in [2.75, 3.05) is 18.4 Å². The normalized spacial score (nSPS) is 13.3. The van der Waals surface area contributed by atoms with Crippen LogP contribution in [0.3, 0.4) is 0 Å². The molecule has 0 aliphatic carbocycles. The highest BCUT2D eigenvalue weighted by molar-refractivity contribution is 9.10. The highest BCUT2D eigenvalue weighted by Crippen LogP contribution is 2.22. The molecule has 0 saturated heterocycles. The van der Waals surface area contributed by atoms with E-state index < -0.39 is 0 Å². The van der Waals surface area contributed by atoms with E-state index in [1.165, 1.54) is 4.90 Å². The van der Waals surface area contributed by atoms with E-state index in [-0.39, 0.29) is 11.8 Å². The van der Waals surface area contributed by atoms with Gasteiger partial charge in [0, 0.05) is 23.2 Å². The number of hydrogen-bond donors (Lipinski definition) is 1. The zero-order chi connectivity index (χ0) is 16.2. The number of fused-ring (bicyclic) bond motifs is 1. The Kier molecular flexibility index (Phi) is 4.76. The van der Waals surface area contributed by atoms with Crippen molar-refractivity contribution in [3.05, 3.63) is 64.1 Å². The minimum absolute atomic E-state index is 0.175. The van der Waals surface area contributed by atoms with Gasteiger partial charge in [-0.25, -0.2) is 0 Å². The Bertz CT molecular complexity index is 693. The zero-order valence-electron chi connectivity index (χ0n) is 12.6. The average Bonchev–Trinajstić information content (AvgIpc) is 2.81. The predicted molar refractivity (Wildman–Crippen MR) is 93.7 cm³/mol. The summed E-state index contributed by atoms with van der Waals surface area (Å²) in [6.45, 7) is 1.28. The van der Waals surface area contributed by atoms with Gasteiger partial charge < -0.3 is 5.32 Å². The van der Waals surface area contributed by atoms with Crippen molar-refractivity contribution in [1.82, 2.24) is 4.90 Å². The highest BCUT2D eigenvalue weighted by atomic mass is 79.9. The van der Waals surface area contributed by atoms with Gasteiger partial charge in [-0.3, -0.25) is 14.5 Å². The van der Waals surface area contributed by atoms with Gasteiger partial charge in [-0.1, -0.05) is 28.1 Å². The largest absolute Gasteiger partial charge is 0.385 e. The van der Waals surface area contributed by atoms with Gasteiger partial charge in [0.2, 0.25) is 0 Å². The van der Waals surface area contributed by atoms with Crippen LogP contribution in [0.2, 0.25) is 0 Å². The fourth-order valence-corrected chi connectivity index (χ4v) is 2.90. The number of hydrogen-bond acceptors (Lipinski definition) is 3. The lowest BCUT2D eigenvalue weighted by molar-refractivity contribution is 0.0652. The Morgan fingerprint density at radius 2 is 1.48 bits per heavy atom. The van der Waals surface area contributed by atoms with E-state index in [1.54, 1.807) is 24.3 Å². The first-order valence-corrected chi connectivity index (χ1v) is 8.41. The minimum atomic E-state index is -0.175. The van der Waals surface area contributed by atoms with Crippen molar-refractivity contribution in [3.63, 3.8) is 0 Å². The Balaban J connectivity index is 1.46. The second-order valence-corrected chi connectivity index (χ2v) is 6.36. The first-order chi connectivity index (χ1) is 11.2. The third-order valence-electron chi connectivity index (χ3n) is 3.86. The molecule has 0 bridgehead atoms. The van der Waals surface area contributed by atoms with Gasteiger partial charge in [0.25, 0.3) is 11.8 Å². The number of nitrogens with zero attached hydrogens (tertiary/aromatic N) is 1. The number of unbranched alkanes of at least 4 members (excludes halogenated alkanes) is 1. The van der Waals surface area contributed by atoms with Crippen LogP contribution in [0.15, 0.2) is 53.0 Å². The van der Waals surface area contributed by atoms with Crippen molar-refractivity contribution < 1.29 is 9.59 Å². The quantitative estimate of drug-likeness (QED) is 0.617. The molecule has 1 N–H and O–H groups in total. The molecule has 2 aromatic rings. The van der Waals surface area contributed by atoms with Gasteiger partial charge >= 0.3 is 0 Å². The smallest absolute Gasteiger partial charge is 0.261 e. The number of rotatable bonds is 6. The van der Waals surface area contributed by atoms with Crippen molar-refractivity contribution in [3.8, 4) is 0 Å². The Morgan fingerprint density at radius 3 is 2.09 bits per heavy atom. The molecule has 5 heteroatoms. The van der Waals surface area contributed by atoms with E-state index in [2.05, 4.69) is 21.2 Å². The molecule has 0 aromatic heterocycles. The van der Waals surface area contributed by atoms with Crippen LogP contribution < -0.4 is 5.32 Å². The van der Waals surface area contributed by atoms with E-state index in [0.717, 1.165) is 29.5 Å². The number of carbonyl (C=O) groups excluding carboxylic acids is 2. The maximum Gasteiger partial charge on any atom is 0.261 e. The molecule has 2 amide bonds. The van der Waals surface area contributed by atoms with Crippen molar-refractivity contribution in [1.29, 1.82) is 0 Å². The van der Waals surface area contributed by atoms with Crippen LogP contribution in [-0.2, 0) is 0 Å². The first kappa shape index (κ1) is 15.7. The molecule has 23 heavy (non-hydrogen) atoms. The molecule has 1 heterocycles. The van der Waals surface area contributed by atoms with Gasteiger partial charge in [-0.05, 0) is 49.2 Å². The summed E-state index contributed by atoms with van der Waals surface area (Å²) in [6.07, 6.45) is 1.68. The molecule has 3 rings (SSSR count). The maximum absolute atomic E-state index is 12.2. The molecule has 0 atom stereocenters. The first-order valence-electron chi connectivity index (χ1n) is 7.61. The van der Waals surface area contributed by atoms with Crippen LogP contribution >= 0.6 is 15.9 Å². The number of carbonyl (C=O) groups is 2. The van der Waals surface area contributed by atoms with Crippen molar-refractivity contribution in [2.24, 2.45) is 0 Å². The molecular formula is C18H17BrN2O2. The predicted octanol–water partition coefficient (Wildman–Crippen LogP) is 3.94. The molecule has 0 saturated carbocycles. The van der Waals surface area contributed by atoms with Gasteiger partial charge in [0.05, 0.1) is 11.1 Å². The summed E-state index contributed by atoms with van der Waals surface area (Å²) in [6, 6.07) is 15.0. The van der Waals surface area contributed by atoms with E-state index in [9.17, 15) is 9.59 Å². The summed E-state index contributed by atoms with van der Waals surface area (Å²) in [5.41, 5.74) is 2.10. The molecule has 0 fully saturated rings. The summed E-state index contributed by atoms with van der Waals surface area (Å²) in [5.74, 6) is -0.349. The number of imide groups is 1. The van der Waals surface area contributed by atoms with Crippen molar-refractivity contribution in [2.45, 2.75) is 12.8 Å². The number of halogens is 1. The summed E-state index contributed by atoms with van der Waals surface area (Å²) in [5, 5.41) is 3.33. The molecule has 0 unspecified atom stereocenters. The van der Waals surface area contributed by atoms with Crippen LogP contribution in [0.5, 0.6) is 0 Å². The summed E-state index contributed by atoms with van der Waals surface area (Å²) < 4.78 is 1.05. The monoisotopic (exact) mass is 372 g/mol. The standard InChI is InChI=1S/C18H17BrN2O2/c19-13-7-9-14(10-8-13)20-11-3-4-12-21-17(22)15-5-1-2-6-16(15)18(21)23/h1-2,5-10,20H,3-4,11-12H2. The SMILES string of the molecule is O=C1c2ccccc2C(=O)N1CCCCNc1ccc(Br)cc1. The molecule has 1 aliphatic rings. The van der Waals surface area contributed by atoms with E-state index in [4.69, 9.17) is 0 Å². The molecule has 0 radical (unpaired) electrons. The second kappa shape index (κ2) is 6.96. The van der Waals surface area contributed by atoms with Gasteiger partial charge in [0.15, 0.2) is 0 Å². The number of amides is 2. The average molecular weight is 373 g/mol. The third kappa shape index (κ3) is 3.45.